The minimum atomic E-state index is 0.105. The number of halogens is 1. The van der Waals surface area contributed by atoms with Gasteiger partial charge in [-0.25, -0.2) is 0 Å². The lowest BCUT2D eigenvalue weighted by Gasteiger charge is -2.08. The van der Waals surface area contributed by atoms with Crippen LogP contribution in [0.1, 0.15) is 17.3 Å². The molecule has 0 bridgehead atoms. The Bertz CT molecular complexity index is 363. The second kappa shape index (κ2) is 5.24. The lowest BCUT2D eigenvalue weighted by atomic mass is 10.1. The molecule has 0 spiro atoms. The zero-order valence-electron chi connectivity index (χ0n) is 8.26. The number of Topliss-reactive ketones (excluding diaryl/α,β-unsaturated/α-hetero) is 1. The van der Waals surface area contributed by atoms with Gasteiger partial charge >= 0.3 is 0 Å². The van der Waals surface area contributed by atoms with E-state index in [0.717, 1.165) is 14.9 Å². The molecule has 1 rings (SSSR count). The van der Waals surface area contributed by atoms with Crippen molar-refractivity contribution in [2.75, 3.05) is 12.5 Å². The Hall–Kier alpha value is 0.0700. The van der Waals surface area contributed by atoms with Crippen LogP contribution in [0.3, 0.4) is 0 Å². The zero-order valence-corrected chi connectivity index (χ0v) is 11.5. The van der Waals surface area contributed by atoms with E-state index < -0.39 is 0 Å². The molecule has 0 radical (unpaired) electrons. The van der Waals surface area contributed by atoms with E-state index in [0.29, 0.717) is 0 Å². The van der Waals surface area contributed by atoms with Crippen molar-refractivity contribution in [2.45, 2.75) is 16.7 Å². The van der Waals surface area contributed by atoms with Crippen LogP contribution in [0.2, 0.25) is 0 Å². The second-order valence-electron chi connectivity index (χ2n) is 2.75. The maximum atomic E-state index is 11.2. The minimum absolute atomic E-state index is 0.105. The van der Waals surface area contributed by atoms with Gasteiger partial charge in [-0.2, -0.15) is 0 Å². The molecule has 0 aliphatic heterocycles. The average Bonchev–Trinajstić information content (AvgIpc) is 2.16. The number of thioether (sulfide) groups is 2. The zero-order chi connectivity index (χ0) is 10.7. The molecule has 0 saturated carbocycles. The Morgan fingerprint density at radius 2 is 1.93 bits per heavy atom. The molecule has 1 nitrogen and oxygen atoms in total. The summed E-state index contributed by atoms with van der Waals surface area (Å²) in [6, 6.07) is 3.83. The molecule has 0 fully saturated rings. The summed E-state index contributed by atoms with van der Waals surface area (Å²) >= 11 is 6.83. The van der Waals surface area contributed by atoms with E-state index in [9.17, 15) is 4.79 Å². The monoisotopic (exact) mass is 290 g/mol. The van der Waals surface area contributed by atoms with Crippen LogP contribution in [0, 0.1) is 0 Å². The average molecular weight is 291 g/mol. The van der Waals surface area contributed by atoms with Gasteiger partial charge in [-0.1, -0.05) is 0 Å². The van der Waals surface area contributed by atoms with Gasteiger partial charge < -0.3 is 0 Å². The Morgan fingerprint density at radius 1 is 1.29 bits per heavy atom. The van der Waals surface area contributed by atoms with E-state index in [1.165, 1.54) is 4.90 Å². The largest absolute Gasteiger partial charge is 0.295 e. The minimum Gasteiger partial charge on any atom is -0.295 e. The molecule has 0 aliphatic carbocycles. The Kier molecular flexibility index (Phi) is 4.54. The molecule has 0 unspecified atom stereocenters. The third kappa shape index (κ3) is 2.55. The predicted octanol–water partition coefficient (Wildman–Crippen LogP) is 4.10. The first kappa shape index (κ1) is 12.1. The highest BCUT2D eigenvalue weighted by molar-refractivity contribution is 9.10. The number of hydrogen-bond acceptors (Lipinski definition) is 3. The van der Waals surface area contributed by atoms with Gasteiger partial charge in [0, 0.05) is 19.8 Å². The molecule has 4 heteroatoms. The van der Waals surface area contributed by atoms with E-state index in [4.69, 9.17) is 0 Å². The number of carbonyl (C=O) groups is 1. The highest BCUT2D eigenvalue weighted by atomic mass is 79.9. The van der Waals surface area contributed by atoms with E-state index >= 15 is 0 Å². The molecule has 14 heavy (non-hydrogen) atoms. The van der Waals surface area contributed by atoms with E-state index in [2.05, 4.69) is 15.9 Å². The summed E-state index contributed by atoms with van der Waals surface area (Å²) in [4.78, 5) is 13.6. The number of carbonyl (C=O) groups excluding carboxylic acids is 1. The van der Waals surface area contributed by atoms with E-state index in [1.807, 2.05) is 24.6 Å². The fourth-order valence-electron chi connectivity index (χ4n) is 1.12. The lowest BCUT2D eigenvalue weighted by Crippen LogP contribution is -1.93. The molecule has 1 aromatic rings. The maximum absolute atomic E-state index is 11.2. The molecule has 0 amide bonds. The summed E-state index contributed by atoms with van der Waals surface area (Å²) in [5, 5.41) is 0. The Morgan fingerprint density at radius 3 is 2.36 bits per heavy atom. The molecule has 0 heterocycles. The van der Waals surface area contributed by atoms with Crippen molar-refractivity contribution >= 4 is 45.2 Å². The van der Waals surface area contributed by atoms with Crippen molar-refractivity contribution in [3.8, 4) is 0 Å². The molecule has 1 aromatic carbocycles. The third-order valence-corrected chi connectivity index (χ3v) is 4.47. The van der Waals surface area contributed by atoms with Crippen LogP contribution >= 0.6 is 39.5 Å². The molecule has 0 atom stereocenters. The van der Waals surface area contributed by atoms with Crippen LogP contribution in [-0.2, 0) is 0 Å². The lowest BCUT2D eigenvalue weighted by molar-refractivity contribution is 0.101. The number of ketones is 1. The fourth-order valence-corrected chi connectivity index (χ4v) is 3.75. The normalized spacial score (nSPS) is 10.3. The maximum Gasteiger partial charge on any atom is 0.159 e. The van der Waals surface area contributed by atoms with Crippen molar-refractivity contribution < 1.29 is 4.79 Å². The first-order valence-corrected chi connectivity index (χ1v) is 7.27. The van der Waals surface area contributed by atoms with Crippen molar-refractivity contribution in [1.29, 1.82) is 0 Å². The molecular weight excluding hydrogens is 280 g/mol. The van der Waals surface area contributed by atoms with Gasteiger partial charge in [0.15, 0.2) is 5.78 Å². The Labute approximate surface area is 101 Å². The summed E-state index contributed by atoms with van der Waals surface area (Å²) in [5.74, 6) is 0.105. The van der Waals surface area contributed by atoms with Gasteiger partial charge in [-0.15, -0.1) is 23.5 Å². The number of rotatable bonds is 3. The smallest absolute Gasteiger partial charge is 0.159 e. The molecule has 0 aliphatic rings. The quantitative estimate of drug-likeness (QED) is 0.616. The highest BCUT2D eigenvalue weighted by Crippen LogP contribution is 2.35. The number of hydrogen-bond donors (Lipinski definition) is 0. The van der Waals surface area contributed by atoms with Crippen molar-refractivity contribution in [1.82, 2.24) is 0 Å². The van der Waals surface area contributed by atoms with Gasteiger partial charge in [0.2, 0.25) is 0 Å². The molecule has 76 valence electrons. The van der Waals surface area contributed by atoms with Gasteiger partial charge in [0.05, 0.1) is 0 Å². The first-order valence-electron chi connectivity index (χ1n) is 4.02. The van der Waals surface area contributed by atoms with Crippen LogP contribution < -0.4 is 0 Å². The molecule has 0 saturated heterocycles. The Balaban J connectivity index is 3.31. The van der Waals surface area contributed by atoms with Gasteiger partial charge in [-0.3, -0.25) is 4.79 Å². The SMILES string of the molecule is CSc1cc(C(C)=O)cc(Br)c1SC. The standard InChI is InChI=1S/C10H11BrOS2/c1-6(12)7-4-8(11)10(14-3)9(5-7)13-2/h4-5H,1-3H3. The summed E-state index contributed by atoms with van der Waals surface area (Å²) in [6.07, 6.45) is 4.05. The fraction of sp³-hybridized carbons (Fsp3) is 0.300. The summed E-state index contributed by atoms with van der Waals surface area (Å²) in [5.41, 5.74) is 0.763. The number of benzene rings is 1. The molecular formula is C10H11BrOS2. The van der Waals surface area contributed by atoms with Gasteiger partial charge in [0.1, 0.15) is 0 Å². The van der Waals surface area contributed by atoms with Gasteiger partial charge in [-0.05, 0) is 47.5 Å². The van der Waals surface area contributed by atoms with Gasteiger partial charge in [0.25, 0.3) is 0 Å². The third-order valence-electron chi connectivity index (χ3n) is 1.84. The van der Waals surface area contributed by atoms with Crippen molar-refractivity contribution in [3.05, 3.63) is 22.2 Å². The van der Waals surface area contributed by atoms with Crippen molar-refractivity contribution in [2.24, 2.45) is 0 Å². The van der Waals surface area contributed by atoms with Crippen LogP contribution in [-0.4, -0.2) is 18.3 Å². The summed E-state index contributed by atoms with van der Waals surface area (Å²) < 4.78 is 1.00. The first-order chi connectivity index (χ1) is 6.60. The van der Waals surface area contributed by atoms with E-state index in [1.54, 1.807) is 30.4 Å². The van der Waals surface area contributed by atoms with Crippen LogP contribution in [0.4, 0.5) is 0 Å². The van der Waals surface area contributed by atoms with Crippen molar-refractivity contribution in [3.63, 3.8) is 0 Å². The molecule has 0 aromatic heterocycles. The highest BCUT2D eigenvalue weighted by Gasteiger charge is 2.09. The van der Waals surface area contributed by atoms with Crippen LogP contribution in [0.15, 0.2) is 26.4 Å². The van der Waals surface area contributed by atoms with E-state index in [-0.39, 0.29) is 5.78 Å². The van der Waals surface area contributed by atoms with Crippen LogP contribution in [0.5, 0.6) is 0 Å². The topological polar surface area (TPSA) is 17.1 Å². The molecule has 0 N–H and O–H groups in total. The summed E-state index contributed by atoms with van der Waals surface area (Å²) in [6.45, 7) is 1.59. The summed E-state index contributed by atoms with van der Waals surface area (Å²) in [7, 11) is 0. The second-order valence-corrected chi connectivity index (χ2v) is 5.27. The predicted molar refractivity (Wildman–Crippen MR) is 67.7 cm³/mol. The van der Waals surface area contributed by atoms with Crippen LogP contribution in [0.25, 0.3) is 0 Å².